The number of amides is 2. The van der Waals surface area contributed by atoms with Crippen molar-refractivity contribution in [1.29, 1.82) is 5.41 Å². The van der Waals surface area contributed by atoms with Crippen LogP contribution in [0.3, 0.4) is 0 Å². The van der Waals surface area contributed by atoms with E-state index in [9.17, 15) is 14.4 Å². The van der Waals surface area contributed by atoms with Crippen molar-refractivity contribution in [1.82, 2.24) is 10.2 Å². The minimum atomic E-state index is -1.05. The summed E-state index contributed by atoms with van der Waals surface area (Å²) < 4.78 is 35.4. The van der Waals surface area contributed by atoms with Crippen LogP contribution in [0.25, 0.3) is 11.1 Å². The average molecular weight is 842 g/mol. The van der Waals surface area contributed by atoms with Crippen molar-refractivity contribution < 1.29 is 47.9 Å². The van der Waals surface area contributed by atoms with Crippen LogP contribution < -0.4 is 14.8 Å². The van der Waals surface area contributed by atoms with E-state index in [1.54, 1.807) is 14.2 Å². The van der Waals surface area contributed by atoms with Gasteiger partial charge in [-0.1, -0.05) is 103 Å². The number of benzene rings is 5. The molecule has 1 saturated heterocycles. The van der Waals surface area contributed by atoms with Crippen LogP contribution in [0.4, 0.5) is 4.79 Å². The number of fused-ring (bicyclic) bond motifs is 3. The molecular formula is C49H51N3O10. The highest BCUT2D eigenvalue weighted by Gasteiger charge is 2.43. The van der Waals surface area contributed by atoms with Crippen LogP contribution in [0.1, 0.15) is 53.0 Å². The molecule has 0 radical (unpaired) electrons. The van der Waals surface area contributed by atoms with Crippen molar-refractivity contribution in [2.75, 3.05) is 53.7 Å². The number of carbonyl (C=O) groups is 3. The number of hydrogen-bond donors (Lipinski definition) is 3. The predicted molar refractivity (Wildman–Crippen MR) is 232 cm³/mol. The number of nitrogens with one attached hydrogen (secondary N) is 2. The van der Waals surface area contributed by atoms with E-state index in [0.29, 0.717) is 11.5 Å². The zero-order chi connectivity index (χ0) is 43.5. The molecule has 0 aromatic heterocycles. The molecular weight excluding hydrogens is 791 g/mol. The number of rotatable bonds is 19. The van der Waals surface area contributed by atoms with Gasteiger partial charge in [0.25, 0.3) is 0 Å². The van der Waals surface area contributed by atoms with E-state index in [4.69, 9.17) is 38.9 Å². The van der Waals surface area contributed by atoms with E-state index >= 15 is 0 Å². The fraction of sp³-hybridized carbons (Fsp3) is 0.306. The summed E-state index contributed by atoms with van der Waals surface area (Å²) in [7, 11) is 3.25. The largest absolute Gasteiger partial charge is 0.497 e. The van der Waals surface area contributed by atoms with Gasteiger partial charge >= 0.3 is 12.1 Å². The first-order valence-corrected chi connectivity index (χ1v) is 20.6. The Morgan fingerprint density at radius 3 is 1.87 bits per heavy atom. The van der Waals surface area contributed by atoms with Gasteiger partial charge < -0.3 is 38.8 Å². The molecule has 2 aliphatic rings. The number of aliphatic carboxylic acids is 1. The van der Waals surface area contributed by atoms with Gasteiger partial charge in [-0.25, -0.2) is 4.79 Å². The topological polar surface area (TPSA) is 166 Å². The Balaban J connectivity index is 0.981. The van der Waals surface area contributed by atoms with Gasteiger partial charge in [0, 0.05) is 25.3 Å². The van der Waals surface area contributed by atoms with Crippen LogP contribution >= 0.6 is 0 Å². The lowest BCUT2D eigenvalue weighted by molar-refractivity contribution is -0.137. The number of carboxylic acid groups (broad SMARTS) is 1. The first-order valence-electron chi connectivity index (χ1n) is 20.6. The number of carboxylic acids is 1. The summed E-state index contributed by atoms with van der Waals surface area (Å²) in [4.78, 5) is 39.9. The van der Waals surface area contributed by atoms with Gasteiger partial charge in [-0.15, -0.1) is 0 Å². The lowest BCUT2D eigenvalue weighted by Gasteiger charge is -2.36. The number of methoxy groups -OCH3 is 2. The zero-order valence-corrected chi connectivity index (χ0v) is 34.8. The van der Waals surface area contributed by atoms with E-state index in [-0.39, 0.29) is 70.6 Å². The van der Waals surface area contributed by atoms with Crippen molar-refractivity contribution in [3.05, 3.63) is 155 Å². The number of likely N-dealkylation sites (tertiary alicyclic amines) is 1. The van der Waals surface area contributed by atoms with Gasteiger partial charge in [-0.2, -0.15) is 0 Å². The maximum atomic E-state index is 13.8. The highest BCUT2D eigenvalue weighted by molar-refractivity contribution is 5.87. The molecule has 0 bridgehead atoms. The summed E-state index contributed by atoms with van der Waals surface area (Å²) in [5.74, 6) is -0.452. The Bertz CT molecular complexity index is 2230. The van der Waals surface area contributed by atoms with E-state index in [2.05, 4.69) is 17.4 Å². The fourth-order valence-corrected chi connectivity index (χ4v) is 8.28. The maximum absolute atomic E-state index is 13.8. The summed E-state index contributed by atoms with van der Waals surface area (Å²) in [6.45, 7) is 0.774. The quantitative estimate of drug-likeness (QED) is 0.0330. The second-order valence-corrected chi connectivity index (χ2v) is 15.0. The molecule has 13 nitrogen and oxygen atoms in total. The van der Waals surface area contributed by atoms with Crippen molar-refractivity contribution in [3.63, 3.8) is 0 Å². The van der Waals surface area contributed by atoms with Crippen LogP contribution in [0.5, 0.6) is 11.5 Å². The molecule has 1 aliphatic heterocycles. The molecule has 5 aromatic rings. The normalized spacial score (nSPS) is 15.6. The molecule has 5 aromatic carbocycles. The maximum Gasteiger partial charge on any atom is 0.410 e. The molecule has 322 valence electrons. The summed E-state index contributed by atoms with van der Waals surface area (Å²) >= 11 is 0. The minimum absolute atomic E-state index is 0.0103. The molecule has 0 saturated carbocycles. The van der Waals surface area contributed by atoms with Gasteiger partial charge in [0.15, 0.2) is 5.90 Å². The summed E-state index contributed by atoms with van der Waals surface area (Å²) in [6.07, 6.45) is -1.67. The van der Waals surface area contributed by atoms with Gasteiger partial charge in [0.05, 0.1) is 47.0 Å². The van der Waals surface area contributed by atoms with Crippen LogP contribution in [0.15, 0.2) is 127 Å². The molecule has 0 spiro atoms. The zero-order valence-electron chi connectivity index (χ0n) is 34.8. The smallest absolute Gasteiger partial charge is 0.410 e. The van der Waals surface area contributed by atoms with E-state index in [1.807, 2.05) is 115 Å². The fourth-order valence-electron chi connectivity index (χ4n) is 8.28. The first kappa shape index (κ1) is 43.4. The lowest BCUT2D eigenvalue weighted by Crippen LogP contribution is -2.47. The average Bonchev–Trinajstić information content (AvgIpc) is 3.88. The summed E-state index contributed by atoms with van der Waals surface area (Å²) in [5.41, 5.74) is 5.98. The number of carbonyl (C=O) groups excluding carboxylic acids is 2. The highest BCUT2D eigenvalue weighted by Crippen LogP contribution is 2.45. The Morgan fingerprint density at radius 2 is 1.29 bits per heavy atom. The van der Waals surface area contributed by atoms with Crippen molar-refractivity contribution in [2.24, 2.45) is 0 Å². The molecule has 2 atom stereocenters. The van der Waals surface area contributed by atoms with E-state index in [0.717, 1.165) is 38.9 Å². The molecule has 1 fully saturated rings. The van der Waals surface area contributed by atoms with Crippen LogP contribution in [0.2, 0.25) is 0 Å². The Kier molecular flexibility index (Phi) is 14.2. The minimum Gasteiger partial charge on any atom is -0.497 e. The third-order valence-corrected chi connectivity index (χ3v) is 11.3. The Hall–Kier alpha value is -6.70. The third kappa shape index (κ3) is 9.75. The Morgan fingerprint density at radius 1 is 0.726 bits per heavy atom. The van der Waals surface area contributed by atoms with Crippen molar-refractivity contribution >= 4 is 23.9 Å². The summed E-state index contributed by atoms with van der Waals surface area (Å²) in [5, 5.41) is 20.2. The monoisotopic (exact) mass is 841 g/mol. The Labute approximate surface area is 361 Å². The number of ether oxygens (including phenoxy) is 6. The molecule has 0 unspecified atom stereocenters. The second kappa shape index (κ2) is 20.2. The van der Waals surface area contributed by atoms with E-state index in [1.165, 1.54) is 4.90 Å². The van der Waals surface area contributed by atoms with Gasteiger partial charge in [0.1, 0.15) is 35.9 Å². The number of nitrogens with zero attached hydrogens (tertiary/aromatic N) is 1. The molecule has 3 N–H and O–H groups in total. The second-order valence-electron chi connectivity index (χ2n) is 15.0. The van der Waals surface area contributed by atoms with Crippen molar-refractivity contribution in [2.45, 2.75) is 42.9 Å². The third-order valence-electron chi connectivity index (χ3n) is 11.3. The molecule has 13 heteroatoms. The number of hydrogen-bond acceptors (Lipinski definition) is 10. The molecule has 2 amide bonds. The summed E-state index contributed by atoms with van der Waals surface area (Å²) in [6, 6.07) is 40.6. The van der Waals surface area contributed by atoms with Gasteiger partial charge in [0.2, 0.25) is 5.91 Å². The van der Waals surface area contributed by atoms with Crippen LogP contribution in [-0.4, -0.2) is 99.8 Å². The van der Waals surface area contributed by atoms with Crippen LogP contribution in [-0.2, 0) is 34.1 Å². The van der Waals surface area contributed by atoms with Crippen LogP contribution in [0, 0.1) is 5.41 Å². The standard InChI is InChI=1S/C49H51N3O10/c1-57-36-20-16-34(17-21-36)49(33-10-4-3-5-11-33,35-18-22-37(58-2)23-19-35)61-29-28-59-27-26-51-47(55)44-30-38(62-45(50)24-25-46(53)54)31-52(44)48(56)60-32-43-41-14-8-6-12-39(41)40-13-7-9-15-42(40)43/h3-23,38,43-44,50H,24-32H2,1-2H3,(H,51,55)(H,53,54)/t38-,44+/m1/s1. The molecule has 7 rings (SSSR count). The first-order chi connectivity index (χ1) is 30.2. The van der Waals surface area contributed by atoms with Gasteiger partial charge in [-0.05, 0) is 63.2 Å². The SMILES string of the molecule is COc1ccc(C(OCCOCCNC(=O)[C@@H]2C[C@@H](OC(=N)CCC(=O)O)CN2C(=O)OCC2c3ccccc3-c3ccccc32)(c2ccccc2)c2ccc(OC)cc2)cc1. The molecule has 1 aliphatic carbocycles. The van der Waals surface area contributed by atoms with Crippen molar-refractivity contribution in [3.8, 4) is 22.6 Å². The molecule has 62 heavy (non-hydrogen) atoms. The van der Waals surface area contributed by atoms with E-state index < -0.39 is 35.7 Å². The lowest BCUT2D eigenvalue weighted by atomic mass is 9.80. The van der Waals surface area contributed by atoms with Gasteiger partial charge in [-0.3, -0.25) is 19.9 Å². The predicted octanol–water partition coefficient (Wildman–Crippen LogP) is 7.40. The highest BCUT2D eigenvalue weighted by atomic mass is 16.6. The molecule has 1 heterocycles.